The number of halogens is 1. The maximum Gasteiger partial charge on any atom is 0.134 e. The largest absolute Gasteiger partial charge is 0.493 e. The molecule has 0 N–H and O–H groups in total. The normalized spacial score (nSPS) is 18.8. The van der Waals surface area contributed by atoms with Gasteiger partial charge in [-0.25, -0.2) is 4.39 Å². The predicted molar refractivity (Wildman–Crippen MR) is 127 cm³/mol. The first kappa shape index (κ1) is 23.8. The van der Waals surface area contributed by atoms with E-state index in [-0.39, 0.29) is 5.82 Å². The fourth-order valence-electron chi connectivity index (χ4n) is 4.68. The average molecular weight is 427 g/mol. The van der Waals surface area contributed by atoms with Crippen molar-refractivity contribution in [1.82, 2.24) is 0 Å². The van der Waals surface area contributed by atoms with E-state index < -0.39 is 0 Å². The zero-order valence-electron chi connectivity index (χ0n) is 19.4. The van der Waals surface area contributed by atoms with Crippen molar-refractivity contribution in [2.45, 2.75) is 71.1 Å². The Morgan fingerprint density at radius 2 is 1.65 bits per heavy atom. The quantitative estimate of drug-likeness (QED) is 0.322. The van der Waals surface area contributed by atoms with Crippen LogP contribution in [0.15, 0.2) is 42.5 Å². The van der Waals surface area contributed by atoms with Crippen molar-refractivity contribution in [2.24, 2.45) is 11.8 Å². The second-order valence-corrected chi connectivity index (χ2v) is 9.13. The van der Waals surface area contributed by atoms with E-state index in [0.717, 1.165) is 30.9 Å². The number of ether oxygens (including phenoxy) is 2. The number of benzene rings is 2. The lowest BCUT2D eigenvalue weighted by Crippen LogP contribution is -2.20. The lowest BCUT2D eigenvalue weighted by Gasteiger charge is -2.28. The van der Waals surface area contributed by atoms with Crippen LogP contribution >= 0.6 is 0 Å². The summed E-state index contributed by atoms with van der Waals surface area (Å²) >= 11 is 0. The van der Waals surface area contributed by atoms with E-state index in [1.807, 2.05) is 24.3 Å². The van der Waals surface area contributed by atoms with E-state index in [4.69, 9.17) is 9.47 Å². The van der Waals surface area contributed by atoms with Crippen molar-refractivity contribution in [2.75, 3.05) is 20.3 Å². The van der Waals surface area contributed by atoms with Crippen LogP contribution in [0.1, 0.15) is 70.3 Å². The van der Waals surface area contributed by atoms with Crippen LogP contribution in [0.3, 0.4) is 0 Å². The summed E-state index contributed by atoms with van der Waals surface area (Å²) in [6, 6.07) is 13.4. The number of rotatable bonds is 12. The monoisotopic (exact) mass is 426 g/mol. The molecule has 0 aliphatic heterocycles. The summed E-state index contributed by atoms with van der Waals surface area (Å²) < 4.78 is 25.8. The molecule has 3 heteroatoms. The van der Waals surface area contributed by atoms with Gasteiger partial charge in [0.05, 0.1) is 6.61 Å². The third kappa shape index (κ3) is 7.64. The van der Waals surface area contributed by atoms with Gasteiger partial charge in [-0.1, -0.05) is 69.7 Å². The molecule has 1 fully saturated rings. The smallest absolute Gasteiger partial charge is 0.134 e. The average Bonchev–Trinajstić information content (AvgIpc) is 2.80. The topological polar surface area (TPSA) is 18.5 Å². The fourth-order valence-corrected chi connectivity index (χ4v) is 4.68. The highest BCUT2D eigenvalue weighted by molar-refractivity contribution is 5.65. The molecule has 0 unspecified atom stereocenters. The molecule has 0 spiro atoms. The SMILES string of the molecule is CCCCCC1CCC(COc2ccc(-c3ccc(CCCOC)cc3)c(F)c2)CC1. The number of methoxy groups -OCH3 is 1. The zero-order valence-corrected chi connectivity index (χ0v) is 19.4. The van der Waals surface area contributed by atoms with Crippen molar-refractivity contribution in [1.29, 1.82) is 0 Å². The number of aryl methyl sites for hydroxylation is 1. The van der Waals surface area contributed by atoms with Crippen LogP contribution in [0, 0.1) is 17.7 Å². The van der Waals surface area contributed by atoms with Crippen molar-refractivity contribution < 1.29 is 13.9 Å². The van der Waals surface area contributed by atoms with Crippen molar-refractivity contribution >= 4 is 0 Å². The van der Waals surface area contributed by atoms with E-state index in [1.54, 1.807) is 7.11 Å². The Balaban J connectivity index is 1.46. The van der Waals surface area contributed by atoms with E-state index >= 15 is 0 Å². The molecule has 0 bridgehead atoms. The lowest BCUT2D eigenvalue weighted by atomic mass is 9.80. The van der Waals surface area contributed by atoms with Crippen LogP contribution in [-0.2, 0) is 11.2 Å². The fraction of sp³-hybridized carbons (Fsp3) is 0.571. The molecular formula is C28H39FO2. The van der Waals surface area contributed by atoms with E-state index in [0.29, 0.717) is 23.8 Å². The number of hydrogen-bond donors (Lipinski definition) is 0. The van der Waals surface area contributed by atoms with Crippen molar-refractivity contribution in [3.63, 3.8) is 0 Å². The molecule has 0 amide bonds. The minimum absolute atomic E-state index is 0.218. The summed E-state index contributed by atoms with van der Waals surface area (Å²) in [4.78, 5) is 0. The molecule has 0 radical (unpaired) electrons. The molecule has 2 aromatic carbocycles. The standard InChI is InChI=1S/C28H39FO2/c1-3-4-5-7-22-9-11-24(12-10-22)21-31-26-17-18-27(28(29)20-26)25-15-13-23(14-16-25)8-6-19-30-2/h13-18,20,22,24H,3-12,19,21H2,1-2H3. The molecule has 170 valence electrons. The lowest BCUT2D eigenvalue weighted by molar-refractivity contribution is 0.177. The predicted octanol–water partition coefficient (Wildman–Crippen LogP) is 7.84. The summed E-state index contributed by atoms with van der Waals surface area (Å²) in [6.45, 7) is 3.74. The third-order valence-corrected chi connectivity index (χ3v) is 6.69. The number of hydrogen-bond acceptors (Lipinski definition) is 2. The Morgan fingerprint density at radius 3 is 2.32 bits per heavy atom. The highest BCUT2D eigenvalue weighted by atomic mass is 19.1. The van der Waals surface area contributed by atoms with Gasteiger partial charge >= 0.3 is 0 Å². The van der Waals surface area contributed by atoms with Gasteiger partial charge in [-0.2, -0.15) is 0 Å². The van der Waals surface area contributed by atoms with E-state index in [9.17, 15) is 4.39 Å². The van der Waals surface area contributed by atoms with Gasteiger partial charge in [-0.05, 0) is 60.8 Å². The molecule has 0 saturated heterocycles. The first-order chi connectivity index (χ1) is 15.2. The minimum atomic E-state index is -0.218. The van der Waals surface area contributed by atoms with Crippen LogP contribution in [0.2, 0.25) is 0 Å². The van der Waals surface area contributed by atoms with Gasteiger partial charge in [0.25, 0.3) is 0 Å². The zero-order chi connectivity index (χ0) is 21.9. The maximum atomic E-state index is 14.8. The van der Waals surface area contributed by atoms with Crippen LogP contribution in [0.5, 0.6) is 5.75 Å². The van der Waals surface area contributed by atoms with E-state index in [2.05, 4.69) is 19.1 Å². The summed E-state index contributed by atoms with van der Waals surface area (Å²) in [5.41, 5.74) is 2.78. The first-order valence-corrected chi connectivity index (χ1v) is 12.2. The minimum Gasteiger partial charge on any atom is -0.493 e. The van der Waals surface area contributed by atoms with E-state index in [1.165, 1.54) is 63.0 Å². The second-order valence-electron chi connectivity index (χ2n) is 9.13. The van der Waals surface area contributed by atoms with Crippen molar-refractivity contribution in [3.05, 3.63) is 53.8 Å². The van der Waals surface area contributed by atoms with Gasteiger partial charge in [0.1, 0.15) is 11.6 Å². The Morgan fingerprint density at radius 1 is 0.903 bits per heavy atom. The molecule has 0 heterocycles. The molecular weight excluding hydrogens is 387 g/mol. The summed E-state index contributed by atoms with van der Waals surface area (Å²) in [7, 11) is 1.72. The Labute approximate surface area is 188 Å². The Bertz CT molecular complexity index is 763. The molecule has 2 nitrogen and oxygen atoms in total. The van der Waals surface area contributed by atoms with Gasteiger partial charge in [-0.3, -0.25) is 0 Å². The van der Waals surface area contributed by atoms with Crippen LogP contribution in [0.4, 0.5) is 4.39 Å². The summed E-state index contributed by atoms with van der Waals surface area (Å²) in [5.74, 6) is 1.94. The Kier molecular flexibility index (Phi) is 9.86. The van der Waals surface area contributed by atoms with Crippen LogP contribution in [-0.4, -0.2) is 20.3 Å². The highest BCUT2D eigenvalue weighted by Crippen LogP contribution is 2.33. The number of unbranched alkanes of at least 4 members (excludes halogenated alkanes) is 2. The van der Waals surface area contributed by atoms with Gasteiger partial charge in [0, 0.05) is 25.3 Å². The first-order valence-electron chi connectivity index (χ1n) is 12.2. The van der Waals surface area contributed by atoms with Crippen LogP contribution < -0.4 is 4.74 Å². The highest BCUT2D eigenvalue weighted by Gasteiger charge is 2.21. The van der Waals surface area contributed by atoms with Gasteiger partial charge in [-0.15, -0.1) is 0 Å². The molecule has 1 aliphatic rings. The second kappa shape index (κ2) is 12.9. The van der Waals surface area contributed by atoms with Crippen LogP contribution in [0.25, 0.3) is 11.1 Å². The molecule has 0 atom stereocenters. The van der Waals surface area contributed by atoms with Gasteiger partial charge < -0.3 is 9.47 Å². The molecule has 31 heavy (non-hydrogen) atoms. The van der Waals surface area contributed by atoms with Gasteiger partial charge in [0.2, 0.25) is 0 Å². The Hall–Kier alpha value is -1.87. The van der Waals surface area contributed by atoms with Crippen molar-refractivity contribution in [3.8, 4) is 16.9 Å². The molecule has 2 aromatic rings. The third-order valence-electron chi connectivity index (χ3n) is 6.69. The molecule has 1 saturated carbocycles. The molecule has 1 aliphatic carbocycles. The van der Waals surface area contributed by atoms with Gasteiger partial charge in [0.15, 0.2) is 0 Å². The maximum absolute atomic E-state index is 14.8. The summed E-state index contributed by atoms with van der Waals surface area (Å²) in [5, 5.41) is 0. The summed E-state index contributed by atoms with van der Waals surface area (Å²) in [6.07, 6.45) is 12.6. The molecule has 3 rings (SSSR count). The molecule has 0 aromatic heterocycles.